The molecule has 1 aromatic heterocycles. The fraction of sp³-hybridized carbons (Fsp3) is 0.261. The largest absolute Gasteiger partial charge is 0.480 e. The molecule has 2 aromatic carbocycles. The van der Waals surface area contributed by atoms with E-state index in [9.17, 15) is 14.4 Å². The molecule has 0 saturated heterocycles. The Morgan fingerprint density at radius 2 is 1.73 bits per heavy atom. The molecule has 33 heavy (non-hydrogen) atoms. The van der Waals surface area contributed by atoms with Crippen molar-refractivity contribution >= 4 is 23.9 Å². The van der Waals surface area contributed by atoms with Gasteiger partial charge in [-0.1, -0.05) is 61.9 Å². The van der Waals surface area contributed by atoms with Crippen molar-refractivity contribution in [2.45, 2.75) is 31.7 Å². The number of carboxylic acid groups (broad SMARTS) is 1. The molecule has 4 rings (SSSR count). The highest BCUT2D eigenvalue weighted by molar-refractivity contribution is 5.94. The van der Waals surface area contributed by atoms with Gasteiger partial charge < -0.3 is 15.2 Å². The topological polar surface area (TPSA) is 146 Å². The molecule has 0 spiro atoms. The second-order valence-electron chi connectivity index (χ2n) is 7.61. The van der Waals surface area contributed by atoms with Crippen molar-refractivity contribution in [1.29, 1.82) is 0 Å². The molecule has 1 heterocycles. The summed E-state index contributed by atoms with van der Waals surface area (Å²) in [6.07, 6.45) is 0.0969. The lowest BCUT2D eigenvalue weighted by molar-refractivity contribution is -0.139. The number of H-pyrrole nitrogens is 1. The molecule has 4 N–H and O–H groups in total. The van der Waals surface area contributed by atoms with Gasteiger partial charge in [0.2, 0.25) is 5.82 Å². The predicted octanol–water partition coefficient (Wildman–Crippen LogP) is 3.15. The number of hydrogen-bond acceptors (Lipinski definition) is 6. The number of fused-ring (bicyclic) bond motifs is 3. The van der Waals surface area contributed by atoms with E-state index in [1.807, 2.05) is 55.5 Å². The molecule has 0 fully saturated rings. The molecule has 1 atom stereocenters. The van der Waals surface area contributed by atoms with Gasteiger partial charge in [-0.2, -0.15) is 4.98 Å². The first-order chi connectivity index (χ1) is 16.0. The predicted molar refractivity (Wildman–Crippen MR) is 119 cm³/mol. The molecule has 0 radical (unpaired) electrons. The number of rotatable bonds is 8. The van der Waals surface area contributed by atoms with E-state index in [1.165, 1.54) is 0 Å². The van der Waals surface area contributed by atoms with E-state index >= 15 is 0 Å². The van der Waals surface area contributed by atoms with E-state index in [0.29, 0.717) is 6.42 Å². The second-order valence-corrected chi connectivity index (χ2v) is 7.61. The number of carboxylic acids is 1. The SMILES string of the molecule is CCCC(NC(=O)c1nc(NC(=O)OCC2c3ccccc3-c3ccccc32)n[nH]1)C(=O)O. The average molecular weight is 449 g/mol. The van der Waals surface area contributed by atoms with Gasteiger partial charge in [-0.25, -0.2) is 9.59 Å². The van der Waals surface area contributed by atoms with Gasteiger partial charge in [0.25, 0.3) is 11.9 Å². The van der Waals surface area contributed by atoms with Crippen LogP contribution in [0.4, 0.5) is 10.7 Å². The molecule has 3 aromatic rings. The van der Waals surface area contributed by atoms with Gasteiger partial charge in [-0.05, 0) is 28.7 Å². The first-order valence-corrected chi connectivity index (χ1v) is 10.6. The van der Waals surface area contributed by atoms with Crippen molar-refractivity contribution < 1.29 is 24.2 Å². The van der Waals surface area contributed by atoms with Crippen LogP contribution >= 0.6 is 0 Å². The van der Waals surface area contributed by atoms with Crippen LogP contribution in [0.5, 0.6) is 0 Å². The van der Waals surface area contributed by atoms with E-state index in [0.717, 1.165) is 22.3 Å². The molecule has 1 unspecified atom stereocenters. The Kier molecular flexibility index (Phi) is 6.34. The van der Waals surface area contributed by atoms with Gasteiger partial charge >= 0.3 is 12.1 Å². The van der Waals surface area contributed by atoms with E-state index < -0.39 is 24.0 Å². The summed E-state index contributed by atoms with van der Waals surface area (Å²) in [6.45, 7) is 1.93. The number of nitrogens with zero attached hydrogens (tertiary/aromatic N) is 2. The van der Waals surface area contributed by atoms with Crippen molar-refractivity contribution in [2.24, 2.45) is 0 Å². The minimum Gasteiger partial charge on any atom is -0.480 e. The lowest BCUT2D eigenvalue weighted by Crippen LogP contribution is -2.41. The second kappa shape index (κ2) is 9.51. The fourth-order valence-corrected chi connectivity index (χ4v) is 3.92. The molecule has 0 saturated carbocycles. The zero-order chi connectivity index (χ0) is 23.4. The van der Waals surface area contributed by atoms with Crippen LogP contribution in [0.3, 0.4) is 0 Å². The Morgan fingerprint density at radius 3 is 2.33 bits per heavy atom. The van der Waals surface area contributed by atoms with Crippen molar-refractivity contribution in [3.63, 3.8) is 0 Å². The lowest BCUT2D eigenvalue weighted by Gasteiger charge is -2.14. The third-order valence-corrected chi connectivity index (χ3v) is 5.44. The molecule has 170 valence electrons. The molecular weight excluding hydrogens is 426 g/mol. The molecule has 2 amide bonds. The Bertz CT molecular complexity index is 1150. The van der Waals surface area contributed by atoms with Gasteiger partial charge in [0.15, 0.2) is 0 Å². The van der Waals surface area contributed by atoms with E-state index in [1.54, 1.807) is 0 Å². The maximum absolute atomic E-state index is 12.3. The highest BCUT2D eigenvalue weighted by Gasteiger charge is 2.29. The highest BCUT2D eigenvalue weighted by atomic mass is 16.5. The van der Waals surface area contributed by atoms with Crippen molar-refractivity contribution in [3.05, 3.63) is 65.5 Å². The molecule has 10 heteroatoms. The van der Waals surface area contributed by atoms with Crippen molar-refractivity contribution in [1.82, 2.24) is 20.5 Å². The maximum atomic E-state index is 12.3. The number of anilines is 1. The quantitative estimate of drug-likeness (QED) is 0.413. The van der Waals surface area contributed by atoms with Gasteiger partial charge in [-0.15, -0.1) is 5.10 Å². The minimum absolute atomic E-state index is 0.0943. The van der Waals surface area contributed by atoms with Gasteiger partial charge in [0.05, 0.1) is 0 Å². The summed E-state index contributed by atoms with van der Waals surface area (Å²) in [6, 6.07) is 14.9. The highest BCUT2D eigenvalue weighted by Crippen LogP contribution is 2.44. The molecule has 10 nitrogen and oxygen atoms in total. The Hall–Kier alpha value is -4.21. The van der Waals surface area contributed by atoms with Crippen LogP contribution in [0.2, 0.25) is 0 Å². The number of aromatic nitrogens is 3. The summed E-state index contributed by atoms with van der Waals surface area (Å²) in [5.41, 5.74) is 4.41. The number of ether oxygens (including phenoxy) is 1. The number of amides is 2. The first-order valence-electron chi connectivity index (χ1n) is 10.6. The fourth-order valence-electron chi connectivity index (χ4n) is 3.92. The number of hydrogen-bond donors (Lipinski definition) is 4. The number of aromatic amines is 1. The van der Waals surface area contributed by atoms with E-state index in [-0.39, 0.29) is 30.7 Å². The summed E-state index contributed by atoms with van der Waals surface area (Å²) in [4.78, 5) is 39.6. The normalized spacial score (nSPS) is 13.0. The number of carbonyl (C=O) groups is 3. The Labute approximate surface area is 189 Å². The van der Waals surface area contributed by atoms with Crippen LogP contribution in [0, 0.1) is 0 Å². The zero-order valence-electron chi connectivity index (χ0n) is 17.9. The van der Waals surface area contributed by atoms with Crippen LogP contribution in [-0.4, -0.2) is 50.9 Å². The third kappa shape index (κ3) is 4.69. The summed E-state index contributed by atoms with van der Waals surface area (Å²) in [5, 5.41) is 20.1. The van der Waals surface area contributed by atoms with Crippen LogP contribution in [0.25, 0.3) is 11.1 Å². The van der Waals surface area contributed by atoms with Gasteiger partial charge in [0, 0.05) is 5.92 Å². The van der Waals surface area contributed by atoms with Gasteiger partial charge in [-0.3, -0.25) is 15.2 Å². The molecule has 0 aliphatic heterocycles. The number of benzene rings is 2. The summed E-state index contributed by atoms with van der Waals surface area (Å²) < 4.78 is 5.42. The number of nitrogens with one attached hydrogen (secondary N) is 3. The van der Waals surface area contributed by atoms with Gasteiger partial charge in [0.1, 0.15) is 12.6 Å². The van der Waals surface area contributed by atoms with E-state index in [2.05, 4.69) is 25.8 Å². The van der Waals surface area contributed by atoms with Crippen molar-refractivity contribution in [3.8, 4) is 11.1 Å². The molecular formula is C23H23N5O5. The number of aliphatic carboxylic acids is 1. The third-order valence-electron chi connectivity index (χ3n) is 5.44. The Balaban J connectivity index is 1.36. The van der Waals surface area contributed by atoms with E-state index in [4.69, 9.17) is 9.84 Å². The van der Waals surface area contributed by atoms with Crippen molar-refractivity contribution in [2.75, 3.05) is 11.9 Å². The average Bonchev–Trinajstić information content (AvgIpc) is 3.40. The monoisotopic (exact) mass is 449 g/mol. The van der Waals surface area contributed by atoms with Crippen LogP contribution in [0.1, 0.15) is 47.4 Å². The van der Waals surface area contributed by atoms with Crippen LogP contribution in [0.15, 0.2) is 48.5 Å². The Morgan fingerprint density at radius 1 is 1.09 bits per heavy atom. The first kappa shape index (κ1) is 22.0. The standard InChI is InChI=1S/C23H23N5O5/c1-2-7-18(21(30)31)24-20(29)19-25-22(28-27-19)26-23(32)33-12-17-15-10-5-3-8-13(15)14-9-4-6-11-16(14)17/h3-6,8-11,17-18H,2,7,12H2,1H3,(H,24,29)(H,30,31)(H2,25,26,27,28,32). The molecule has 1 aliphatic rings. The minimum atomic E-state index is -1.14. The van der Waals surface area contributed by atoms with Crippen LogP contribution in [-0.2, 0) is 9.53 Å². The summed E-state index contributed by atoms with van der Waals surface area (Å²) >= 11 is 0. The number of carbonyl (C=O) groups excluding carboxylic acids is 2. The summed E-state index contributed by atoms with van der Waals surface area (Å²) in [7, 11) is 0. The zero-order valence-corrected chi connectivity index (χ0v) is 17.9. The summed E-state index contributed by atoms with van der Waals surface area (Å²) in [5.74, 6) is -2.33. The molecule has 1 aliphatic carbocycles. The smallest absolute Gasteiger partial charge is 0.414 e. The van der Waals surface area contributed by atoms with Crippen LogP contribution < -0.4 is 10.6 Å². The lowest BCUT2D eigenvalue weighted by atomic mass is 9.98. The molecule has 0 bridgehead atoms. The maximum Gasteiger partial charge on any atom is 0.414 e.